The highest BCUT2D eigenvalue weighted by molar-refractivity contribution is 6.00. The second-order valence-corrected chi connectivity index (χ2v) is 28.7. The van der Waals surface area contributed by atoms with Crippen LogP contribution in [0.4, 0.5) is 9.59 Å². The lowest BCUT2D eigenvalue weighted by Gasteiger charge is -2.25. The van der Waals surface area contributed by atoms with E-state index in [1.165, 1.54) is 40.2 Å². The Morgan fingerprint density at radius 2 is 0.750 bits per heavy atom. The summed E-state index contributed by atoms with van der Waals surface area (Å²) >= 11 is 0. The predicted molar refractivity (Wildman–Crippen MR) is 443 cm³/mol. The molecule has 128 heavy (non-hydrogen) atoms. The molecule has 0 bridgehead atoms. The number of amides is 13. The third kappa shape index (κ3) is 41.4. The zero-order chi connectivity index (χ0) is 96.3. The smallest absolute Gasteiger partial charge is 0.407 e. The molecule has 0 radical (unpaired) electrons. The molecule has 0 spiro atoms. The van der Waals surface area contributed by atoms with E-state index in [0.717, 1.165) is 64.9 Å². The van der Waals surface area contributed by atoms with E-state index in [4.69, 9.17) is 38.9 Å². The number of fused-ring (bicyclic) bond motifs is 3. The first-order valence-electron chi connectivity index (χ1n) is 39.6. The van der Waals surface area contributed by atoms with Crippen LogP contribution in [0, 0.1) is 0 Å². The molecular weight excluding hydrogens is 1700 g/mol. The number of alkyl carbamates (subject to hydrolysis) is 2. The summed E-state index contributed by atoms with van der Waals surface area (Å²) in [7, 11) is 8.90. The minimum Gasteiger partial charge on any atom is -0.469 e. The molecule has 47 nitrogen and oxygen atoms in total. The van der Waals surface area contributed by atoms with Gasteiger partial charge in [0.25, 0.3) is 0 Å². The summed E-state index contributed by atoms with van der Waals surface area (Å²) in [4.78, 5) is 267. The maximum atomic E-state index is 14.0. The molecule has 0 saturated carbocycles. The first-order valence-corrected chi connectivity index (χ1v) is 39.6. The molecule has 0 fully saturated rings. The molecule has 708 valence electrons. The quantitative estimate of drug-likeness (QED) is 0.0130. The second kappa shape index (κ2) is 58.5. The zero-order valence-corrected chi connectivity index (χ0v) is 73.4. The standard InChI is InChI=1S/C53H72N8O19.C28H44N6O14/c1-10-24-78-50(71)37(21-22-42(63)75-7)58-49(70)40(29-74-6)57-41(62)27-55-46(67)38(25-43(64)76-8)59-45(66)30(2)56-48(69)39(26-44(65)77-9)60-47(68)36(20-15-23-54-51(72)80-53(3,4)5)61-52(73)79-28-35-33-18-13-11-16-31(33)32-17-12-14-19-34(32)35;1-7-10-48-28(43)17(8-9-21(36)45-4)33-27(42)19(14-44-3)32-20(35)13-30-26(41)18(12-23(38)47-6)34-24(39)15(2)31-25(40)16(29)11-22(37)46-5/h10-14,16-19,30,35-40H,1,15,20-29H2,2-9H3,(H,54,72)(H,55,67)(H,56,69)(H,57,62)(H,58,70)(H,59,66)(H,60,68)(H,61,73);7,15-19H,1,8-14,29H2,2-6H3,(H,30,41)(H,31,40)(H,32,35)(H,33,42)(H,34,39). The Bertz CT molecular complexity index is 4170. The maximum Gasteiger partial charge on any atom is 0.407 e. The minimum atomic E-state index is -1.74. The van der Waals surface area contributed by atoms with Crippen LogP contribution in [0.25, 0.3) is 11.1 Å². The monoisotopic (exact) mass is 1810 g/mol. The molecule has 1 aliphatic rings. The first-order chi connectivity index (χ1) is 60.6. The van der Waals surface area contributed by atoms with Gasteiger partial charge in [-0.05, 0) is 82.6 Å². The Balaban J connectivity index is 0.000000987. The topological polar surface area (TPSA) is 652 Å². The van der Waals surface area contributed by atoms with E-state index >= 15 is 0 Å². The summed E-state index contributed by atoms with van der Waals surface area (Å²) in [5.74, 6) is -17.9. The fraction of sp³-hybridized carbons (Fsp3) is 0.543. The van der Waals surface area contributed by atoms with Crippen LogP contribution in [0.5, 0.6) is 0 Å². The lowest BCUT2D eigenvalue weighted by molar-refractivity contribution is -0.149. The average molecular weight is 1810 g/mol. The van der Waals surface area contributed by atoms with Gasteiger partial charge in [0, 0.05) is 39.5 Å². The van der Waals surface area contributed by atoms with Crippen LogP contribution < -0.4 is 74.9 Å². The minimum absolute atomic E-state index is 0.0144. The third-order valence-corrected chi connectivity index (χ3v) is 17.9. The maximum absolute atomic E-state index is 14.0. The molecule has 0 heterocycles. The van der Waals surface area contributed by atoms with Crippen molar-refractivity contribution in [2.75, 3.05) is 110 Å². The van der Waals surface area contributed by atoms with Gasteiger partial charge < -0.3 is 132 Å². The van der Waals surface area contributed by atoms with Gasteiger partial charge in [0.1, 0.15) is 85.8 Å². The molecule has 1 aliphatic carbocycles. The van der Waals surface area contributed by atoms with Crippen LogP contribution in [-0.4, -0.2) is 307 Å². The van der Waals surface area contributed by atoms with E-state index < -0.39 is 242 Å². The lowest BCUT2D eigenvalue weighted by Crippen LogP contribution is -2.58. The molecular formula is C81H116N14O33. The second-order valence-electron chi connectivity index (χ2n) is 28.7. The molecule has 0 aromatic heterocycles. The van der Waals surface area contributed by atoms with Crippen molar-refractivity contribution in [1.29, 1.82) is 0 Å². The van der Waals surface area contributed by atoms with Gasteiger partial charge in [-0.15, -0.1) is 0 Å². The number of hydrogen-bond acceptors (Lipinski definition) is 34. The highest BCUT2D eigenvalue weighted by Gasteiger charge is 2.38. The van der Waals surface area contributed by atoms with Crippen molar-refractivity contribution in [2.45, 2.75) is 177 Å². The summed E-state index contributed by atoms with van der Waals surface area (Å²) < 4.78 is 58.5. The van der Waals surface area contributed by atoms with Crippen LogP contribution in [-0.2, 0) is 148 Å². The van der Waals surface area contributed by atoms with Crippen molar-refractivity contribution in [2.24, 2.45) is 5.73 Å². The molecule has 0 aliphatic heterocycles. The fourth-order valence-corrected chi connectivity index (χ4v) is 11.3. The molecule has 2 aromatic carbocycles. The summed E-state index contributed by atoms with van der Waals surface area (Å²) in [5.41, 5.74) is 8.62. The largest absolute Gasteiger partial charge is 0.469 e. The van der Waals surface area contributed by atoms with E-state index in [9.17, 15) is 101 Å². The van der Waals surface area contributed by atoms with Crippen molar-refractivity contribution in [3.63, 3.8) is 0 Å². The molecule has 47 heteroatoms. The Hall–Kier alpha value is -13.7. The first kappa shape index (κ1) is 110. The van der Waals surface area contributed by atoms with Gasteiger partial charge in [0.05, 0.1) is 101 Å². The Labute approximate surface area is 737 Å². The van der Waals surface area contributed by atoms with E-state index in [1.807, 2.05) is 48.5 Å². The van der Waals surface area contributed by atoms with Gasteiger partial charge in [-0.1, -0.05) is 73.8 Å². The van der Waals surface area contributed by atoms with Crippen LogP contribution in [0.1, 0.15) is 116 Å². The Morgan fingerprint density at radius 3 is 1.14 bits per heavy atom. The van der Waals surface area contributed by atoms with E-state index in [0.29, 0.717) is 0 Å². The molecule has 13 amide bonds. The third-order valence-electron chi connectivity index (χ3n) is 17.9. The fourth-order valence-electron chi connectivity index (χ4n) is 11.3. The van der Waals surface area contributed by atoms with Gasteiger partial charge in [0.15, 0.2) is 0 Å². The Kier molecular flexibility index (Phi) is 50.4. The molecule has 11 atom stereocenters. The van der Waals surface area contributed by atoms with Gasteiger partial charge in [-0.3, -0.25) is 81.5 Å². The number of esters is 8. The predicted octanol–water partition coefficient (Wildman–Crippen LogP) is -3.94. The van der Waals surface area contributed by atoms with Crippen molar-refractivity contribution in [3.05, 3.63) is 85.0 Å². The SMILES string of the molecule is C=CCOC(=O)C(CCC(=O)OC)NC(=O)C(COC)NC(=O)CNC(=O)C(CC(=O)OC)NC(=O)C(C)NC(=O)C(CC(=O)OC)NC(=O)C(CCCNC(=O)OC(C)(C)C)NC(=O)OCC1c2ccccc2-c2ccccc21.C=CCOC(=O)C(CCC(=O)OC)NC(=O)C(COC)NC(=O)CNC(=O)C(CC(=O)OC)NC(=O)C(C)NC(=O)C(N)CC(=O)OC. The molecule has 11 unspecified atom stereocenters. The molecule has 3 rings (SSSR count). The lowest BCUT2D eigenvalue weighted by atomic mass is 9.98. The van der Waals surface area contributed by atoms with Crippen LogP contribution >= 0.6 is 0 Å². The highest BCUT2D eigenvalue weighted by atomic mass is 16.6. The average Bonchev–Trinajstić information content (AvgIpc) is 1.61. The van der Waals surface area contributed by atoms with E-state index in [2.05, 4.69) is 106 Å². The number of carbonyl (C=O) groups excluding carboxylic acids is 21. The van der Waals surface area contributed by atoms with Crippen LogP contribution in [0.3, 0.4) is 0 Å². The van der Waals surface area contributed by atoms with Crippen LogP contribution in [0.15, 0.2) is 73.8 Å². The zero-order valence-electron chi connectivity index (χ0n) is 73.4. The number of rotatable bonds is 53. The van der Waals surface area contributed by atoms with Gasteiger partial charge in [-0.2, -0.15) is 0 Å². The summed E-state index contributed by atoms with van der Waals surface area (Å²) in [6.45, 7) is 11.4. The normalized spacial score (nSPS) is 13.6. The number of carbonyl (C=O) groups is 21. The number of nitrogens with two attached hydrogens (primary N) is 1. The molecule has 0 saturated heterocycles. The molecule has 15 N–H and O–H groups in total. The van der Waals surface area contributed by atoms with Gasteiger partial charge >= 0.3 is 59.9 Å². The van der Waals surface area contributed by atoms with Crippen LogP contribution in [0.2, 0.25) is 0 Å². The molecule has 2 aromatic rings. The summed E-state index contributed by atoms with van der Waals surface area (Å²) in [6.07, 6.45) is -2.85. The Morgan fingerprint density at radius 1 is 0.391 bits per heavy atom. The van der Waals surface area contributed by atoms with Crippen molar-refractivity contribution < 1.29 is 158 Å². The van der Waals surface area contributed by atoms with E-state index in [1.54, 1.807) is 20.8 Å². The van der Waals surface area contributed by atoms with Crippen molar-refractivity contribution in [1.82, 2.24) is 69.1 Å². The number of benzene rings is 2. The van der Waals surface area contributed by atoms with Gasteiger partial charge in [0.2, 0.25) is 65.0 Å². The number of ether oxygens (including phenoxy) is 12. The summed E-state index contributed by atoms with van der Waals surface area (Å²) in [6, 6.07) is -0.875. The number of nitrogens with one attached hydrogen (secondary N) is 13. The number of hydrogen-bond donors (Lipinski definition) is 14. The highest BCUT2D eigenvalue weighted by Crippen LogP contribution is 2.44. The van der Waals surface area contributed by atoms with Gasteiger partial charge in [-0.25, -0.2) is 19.2 Å². The van der Waals surface area contributed by atoms with Crippen molar-refractivity contribution in [3.8, 4) is 11.1 Å². The number of methoxy groups -OCH3 is 8. The van der Waals surface area contributed by atoms with E-state index in [-0.39, 0.29) is 77.4 Å². The summed E-state index contributed by atoms with van der Waals surface area (Å²) in [5, 5.41) is 30.5. The van der Waals surface area contributed by atoms with Crippen molar-refractivity contribution >= 4 is 125 Å².